The highest BCUT2D eigenvalue weighted by atomic mass is 16.2. The first kappa shape index (κ1) is 16.7. The van der Waals surface area contributed by atoms with Crippen molar-refractivity contribution in [3.63, 3.8) is 0 Å². The summed E-state index contributed by atoms with van der Waals surface area (Å²) in [5, 5.41) is 10.4. The van der Waals surface area contributed by atoms with E-state index in [9.17, 15) is 4.79 Å². The lowest BCUT2D eigenvalue weighted by Crippen LogP contribution is -2.52. The van der Waals surface area contributed by atoms with Crippen molar-refractivity contribution in [2.24, 2.45) is 5.10 Å². The van der Waals surface area contributed by atoms with E-state index >= 15 is 0 Å². The van der Waals surface area contributed by atoms with Crippen molar-refractivity contribution in [1.82, 2.24) is 25.9 Å². The van der Waals surface area contributed by atoms with E-state index in [2.05, 4.69) is 38.0 Å². The molecule has 7 nitrogen and oxygen atoms in total. The molecule has 0 saturated carbocycles. The van der Waals surface area contributed by atoms with E-state index in [1.165, 1.54) is 25.9 Å². The Morgan fingerprint density at radius 1 is 1.17 bits per heavy atom. The molecule has 2 fully saturated rings. The number of likely N-dealkylation sites (tertiary alicyclic amines) is 2. The van der Waals surface area contributed by atoms with Crippen molar-refractivity contribution in [3.8, 4) is 0 Å². The molecular formula is C16H30N6O. The van der Waals surface area contributed by atoms with E-state index in [1.807, 2.05) is 7.05 Å². The lowest BCUT2D eigenvalue weighted by molar-refractivity contribution is -0.116. The zero-order valence-corrected chi connectivity index (χ0v) is 14.3. The molecule has 0 aromatic rings. The van der Waals surface area contributed by atoms with Crippen LogP contribution in [0.2, 0.25) is 0 Å². The fraction of sp³-hybridized carbons (Fsp3) is 0.875. The zero-order valence-electron chi connectivity index (χ0n) is 14.3. The molecule has 1 atom stereocenters. The first-order valence-corrected chi connectivity index (χ1v) is 8.88. The van der Waals surface area contributed by atoms with Crippen LogP contribution in [0, 0.1) is 0 Å². The third-order valence-electron chi connectivity index (χ3n) is 5.48. The molecule has 130 valence electrons. The number of carbonyl (C=O) groups excluding carboxylic acids is 1. The van der Waals surface area contributed by atoms with Gasteiger partial charge in [-0.05, 0) is 52.9 Å². The molecule has 1 amide bonds. The molecule has 2 saturated heterocycles. The quantitative estimate of drug-likeness (QED) is 0.633. The van der Waals surface area contributed by atoms with Crippen LogP contribution in [0.25, 0.3) is 0 Å². The average Bonchev–Trinajstić information content (AvgIpc) is 3.05. The summed E-state index contributed by atoms with van der Waals surface area (Å²) in [6.45, 7) is 5.30. The van der Waals surface area contributed by atoms with Crippen LogP contribution in [0.3, 0.4) is 0 Å². The van der Waals surface area contributed by atoms with Crippen LogP contribution in [-0.2, 0) is 4.79 Å². The highest BCUT2D eigenvalue weighted by Gasteiger charge is 2.31. The number of hydrogen-bond donors (Lipinski definition) is 3. The van der Waals surface area contributed by atoms with Gasteiger partial charge < -0.3 is 25.9 Å². The predicted molar refractivity (Wildman–Crippen MR) is 91.5 cm³/mol. The standard InChI is InChI=1S/C16H30N6O/c1-17-14-11-18-20-15(14)16(23)19-12-3-9-22(10-4-12)13-5-7-21(2)8-6-13/h12-14,17-18H,3-11H2,1-2H3,(H,19,23). The number of likely N-dealkylation sites (N-methyl/N-ethyl adjacent to an activating group) is 1. The fourth-order valence-corrected chi connectivity index (χ4v) is 3.87. The number of hydrogen-bond acceptors (Lipinski definition) is 6. The largest absolute Gasteiger partial charge is 0.348 e. The minimum atomic E-state index is -0.0212. The second-order valence-corrected chi connectivity index (χ2v) is 7.02. The van der Waals surface area contributed by atoms with E-state index in [4.69, 9.17) is 0 Å². The maximum Gasteiger partial charge on any atom is 0.269 e. The van der Waals surface area contributed by atoms with Crippen LogP contribution in [0.15, 0.2) is 5.10 Å². The number of nitrogens with one attached hydrogen (secondary N) is 3. The summed E-state index contributed by atoms with van der Waals surface area (Å²) in [5.74, 6) is -0.0212. The number of piperidine rings is 2. The van der Waals surface area contributed by atoms with Crippen molar-refractivity contribution < 1.29 is 4.79 Å². The second-order valence-electron chi connectivity index (χ2n) is 7.02. The maximum atomic E-state index is 12.4. The molecule has 23 heavy (non-hydrogen) atoms. The van der Waals surface area contributed by atoms with Crippen LogP contribution in [0.4, 0.5) is 0 Å². The number of carbonyl (C=O) groups is 1. The Balaban J connectivity index is 1.43. The topological polar surface area (TPSA) is 72.0 Å². The van der Waals surface area contributed by atoms with Gasteiger partial charge in [-0.3, -0.25) is 4.79 Å². The Morgan fingerprint density at radius 3 is 2.52 bits per heavy atom. The Kier molecular flexibility index (Phi) is 5.50. The summed E-state index contributed by atoms with van der Waals surface area (Å²) in [7, 11) is 4.07. The van der Waals surface area contributed by atoms with E-state index in [1.54, 1.807) is 0 Å². The molecular weight excluding hydrogens is 292 g/mol. The Hall–Kier alpha value is -1.18. The van der Waals surface area contributed by atoms with Crippen molar-refractivity contribution in [2.75, 3.05) is 46.8 Å². The smallest absolute Gasteiger partial charge is 0.269 e. The van der Waals surface area contributed by atoms with Crippen LogP contribution in [0.1, 0.15) is 25.7 Å². The summed E-state index contributed by atoms with van der Waals surface area (Å²) >= 11 is 0. The molecule has 3 aliphatic rings. The van der Waals surface area contributed by atoms with Crippen molar-refractivity contribution in [3.05, 3.63) is 0 Å². The van der Waals surface area contributed by atoms with Crippen LogP contribution >= 0.6 is 0 Å². The van der Waals surface area contributed by atoms with Crippen LogP contribution in [0.5, 0.6) is 0 Å². The van der Waals surface area contributed by atoms with Gasteiger partial charge in [0.05, 0.1) is 12.6 Å². The summed E-state index contributed by atoms with van der Waals surface area (Å²) < 4.78 is 0. The van der Waals surface area contributed by atoms with Gasteiger partial charge in [0, 0.05) is 25.2 Å². The molecule has 0 radical (unpaired) electrons. The number of hydrazone groups is 1. The molecule has 3 aliphatic heterocycles. The van der Waals surface area contributed by atoms with E-state index < -0.39 is 0 Å². The van der Waals surface area contributed by atoms with Gasteiger partial charge in [0.1, 0.15) is 5.71 Å². The molecule has 0 spiro atoms. The normalized spacial score (nSPS) is 28.4. The van der Waals surface area contributed by atoms with Crippen molar-refractivity contribution in [1.29, 1.82) is 0 Å². The Labute approximate surface area is 138 Å². The monoisotopic (exact) mass is 322 g/mol. The molecule has 0 bridgehead atoms. The first-order valence-electron chi connectivity index (χ1n) is 8.88. The van der Waals surface area contributed by atoms with Gasteiger partial charge in [-0.2, -0.15) is 5.10 Å². The molecule has 0 aromatic heterocycles. The number of rotatable bonds is 4. The third-order valence-corrected chi connectivity index (χ3v) is 5.48. The minimum absolute atomic E-state index is 0.0212. The second kappa shape index (κ2) is 7.59. The average molecular weight is 322 g/mol. The van der Waals surface area contributed by atoms with Gasteiger partial charge in [0.15, 0.2) is 0 Å². The summed E-state index contributed by atoms with van der Waals surface area (Å²) in [4.78, 5) is 17.4. The number of amides is 1. The van der Waals surface area contributed by atoms with Gasteiger partial charge in [-0.15, -0.1) is 0 Å². The summed E-state index contributed by atoms with van der Waals surface area (Å²) in [6.07, 6.45) is 4.64. The molecule has 3 N–H and O–H groups in total. The Bertz CT molecular complexity index is 438. The highest BCUT2D eigenvalue weighted by molar-refractivity contribution is 6.41. The van der Waals surface area contributed by atoms with Crippen LogP contribution < -0.4 is 16.1 Å². The Morgan fingerprint density at radius 2 is 1.87 bits per heavy atom. The fourth-order valence-electron chi connectivity index (χ4n) is 3.87. The van der Waals surface area contributed by atoms with E-state index in [0.29, 0.717) is 12.3 Å². The lowest BCUT2D eigenvalue weighted by atomic mass is 9.98. The minimum Gasteiger partial charge on any atom is -0.348 e. The zero-order chi connectivity index (χ0) is 16.2. The molecule has 7 heteroatoms. The first-order chi connectivity index (χ1) is 11.2. The van der Waals surface area contributed by atoms with Gasteiger partial charge in [-0.25, -0.2) is 0 Å². The van der Waals surface area contributed by atoms with E-state index in [0.717, 1.165) is 32.0 Å². The van der Waals surface area contributed by atoms with Gasteiger partial charge in [-0.1, -0.05) is 0 Å². The van der Waals surface area contributed by atoms with Crippen molar-refractivity contribution >= 4 is 11.6 Å². The molecule has 0 aliphatic carbocycles. The molecule has 1 unspecified atom stereocenters. The lowest BCUT2D eigenvalue weighted by Gasteiger charge is -2.41. The third kappa shape index (κ3) is 4.02. The molecule has 0 aromatic carbocycles. The van der Waals surface area contributed by atoms with Gasteiger partial charge in [0.2, 0.25) is 0 Å². The molecule has 3 heterocycles. The predicted octanol–water partition coefficient (Wildman–Crippen LogP) is -0.792. The summed E-state index contributed by atoms with van der Waals surface area (Å²) in [6, 6.07) is 1.04. The van der Waals surface area contributed by atoms with E-state index in [-0.39, 0.29) is 18.0 Å². The maximum absolute atomic E-state index is 12.4. The molecule has 3 rings (SSSR count). The highest BCUT2D eigenvalue weighted by Crippen LogP contribution is 2.20. The van der Waals surface area contributed by atoms with Gasteiger partial charge in [0.25, 0.3) is 5.91 Å². The van der Waals surface area contributed by atoms with Crippen LogP contribution in [-0.4, -0.2) is 86.4 Å². The van der Waals surface area contributed by atoms with Gasteiger partial charge >= 0.3 is 0 Å². The summed E-state index contributed by atoms with van der Waals surface area (Å²) in [5.41, 5.74) is 3.49. The van der Waals surface area contributed by atoms with Crippen molar-refractivity contribution in [2.45, 2.75) is 43.8 Å². The SMILES string of the molecule is CNC1CNN=C1C(=O)NC1CCN(C2CCN(C)CC2)CC1. The number of nitrogens with zero attached hydrogens (tertiary/aromatic N) is 3.